The van der Waals surface area contributed by atoms with Crippen molar-refractivity contribution in [3.05, 3.63) is 71.3 Å². The number of nitrogens with one attached hydrogen (secondary N) is 2. The van der Waals surface area contributed by atoms with Crippen molar-refractivity contribution in [1.82, 2.24) is 15.5 Å². The van der Waals surface area contributed by atoms with E-state index in [1.807, 2.05) is 30.3 Å². The van der Waals surface area contributed by atoms with Crippen molar-refractivity contribution >= 4 is 35.5 Å². The Labute approximate surface area is 179 Å². The van der Waals surface area contributed by atoms with Crippen LogP contribution in [0, 0.1) is 0 Å². The Hall–Kier alpha value is -3.13. The van der Waals surface area contributed by atoms with Gasteiger partial charge < -0.3 is 5.32 Å². The lowest BCUT2D eigenvalue weighted by molar-refractivity contribution is -0.119. The Morgan fingerprint density at radius 2 is 1.50 bits per heavy atom. The summed E-state index contributed by atoms with van der Waals surface area (Å²) in [6.45, 7) is 0.708. The number of rotatable bonds is 9. The number of nitrogens with zero attached hydrogens (tertiary/aromatic N) is 1. The zero-order valence-electron chi connectivity index (χ0n) is 16.4. The Morgan fingerprint density at radius 3 is 2.17 bits per heavy atom. The molecule has 0 aromatic heterocycles. The SMILES string of the molecule is O=C(CCSCCCN1C(=O)c2ccccc2C1=O)NC(=O)NCc1ccccc1. The standard InChI is InChI=1S/C22H23N3O4S/c26-19(24-22(29)23-15-16-7-2-1-3-8-16)11-14-30-13-6-12-25-20(27)17-9-4-5-10-18(17)21(25)28/h1-5,7-10H,6,11-15H2,(H2,23,24,26,29). The largest absolute Gasteiger partial charge is 0.334 e. The third-order valence-electron chi connectivity index (χ3n) is 4.57. The Morgan fingerprint density at radius 1 is 0.867 bits per heavy atom. The predicted octanol–water partition coefficient (Wildman–Crippen LogP) is 2.82. The Kier molecular flexibility index (Phi) is 7.62. The summed E-state index contributed by atoms with van der Waals surface area (Å²) in [5, 5.41) is 4.95. The number of hydrogen-bond donors (Lipinski definition) is 2. The maximum Gasteiger partial charge on any atom is 0.321 e. The molecule has 2 aromatic rings. The molecule has 2 aromatic carbocycles. The fourth-order valence-electron chi connectivity index (χ4n) is 3.05. The van der Waals surface area contributed by atoms with Crippen LogP contribution in [0.2, 0.25) is 0 Å². The van der Waals surface area contributed by atoms with Gasteiger partial charge in [0.05, 0.1) is 11.1 Å². The molecule has 156 valence electrons. The molecule has 7 nitrogen and oxygen atoms in total. The first-order valence-corrected chi connectivity index (χ1v) is 10.9. The van der Waals surface area contributed by atoms with Gasteiger partial charge in [0.1, 0.15) is 0 Å². The molecule has 0 bridgehead atoms. The number of thioether (sulfide) groups is 1. The van der Waals surface area contributed by atoms with E-state index in [4.69, 9.17) is 0 Å². The number of benzene rings is 2. The van der Waals surface area contributed by atoms with Gasteiger partial charge in [-0.25, -0.2) is 4.79 Å². The first-order valence-electron chi connectivity index (χ1n) is 9.71. The lowest BCUT2D eigenvalue weighted by atomic mass is 10.1. The number of carbonyl (C=O) groups is 4. The summed E-state index contributed by atoms with van der Waals surface area (Å²) >= 11 is 1.55. The molecule has 0 spiro atoms. The zero-order valence-corrected chi connectivity index (χ0v) is 17.2. The van der Waals surface area contributed by atoms with Gasteiger partial charge in [0.2, 0.25) is 5.91 Å². The minimum absolute atomic E-state index is 0.219. The minimum Gasteiger partial charge on any atom is -0.334 e. The molecule has 8 heteroatoms. The van der Waals surface area contributed by atoms with Crippen molar-refractivity contribution in [2.75, 3.05) is 18.1 Å². The molecule has 0 fully saturated rings. The summed E-state index contributed by atoms with van der Waals surface area (Å²) in [5.74, 6) is 0.428. The molecule has 0 unspecified atom stereocenters. The normalized spacial score (nSPS) is 12.6. The summed E-state index contributed by atoms with van der Waals surface area (Å²) in [4.78, 5) is 49.4. The summed E-state index contributed by atoms with van der Waals surface area (Å²) < 4.78 is 0. The van der Waals surface area contributed by atoms with Gasteiger partial charge in [0.15, 0.2) is 0 Å². The quantitative estimate of drug-likeness (QED) is 0.476. The van der Waals surface area contributed by atoms with Gasteiger partial charge in [-0.2, -0.15) is 11.8 Å². The number of urea groups is 1. The highest BCUT2D eigenvalue weighted by Crippen LogP contribution is 2.22. The van der Waals surface area contributed by atoms with Crippen LogP contribution < -0.4 is 10.6 Å². The van der Waals surface area contributed by atoms with Crippen LogP contribution in [-0.2, 0) is 11.3 Å². The molecular formula is C22H23N3O4S. The van der Waals surface area contributed by atoms with Gasteiger partial charge in [0, 0.05) is 25.3 Å². The molecule has 0 saturated heterocycles. The molecule has 1 heterocycles. The monoisotopic (exact) mass is 425 g/mol. The van der Waals surface area contributed by atoms with E-state index in [-0.39, 0.29) is 24.1 Å². The topological polar surface area (TPSA) is 95.6 Å². The van der Waals surface area contributed by atoms with Gasteiger partial charge in [0.25, 0.3) is 11.8 Å². The Balaban J connectivity index is 1.27. The van der Waals surface area contributed by atoms with Crippen LogP contribution in [0.25, 0.3) is 0 Å². The lowest BCUT2D eigenvalue weighted by Gasteiger charge is -2.13. The van der Waals surface area contributed by atoms with Gasteiger partial charge in [-0.3, -0.25) is 24.6 Å². The van der Waals surface area contributed by atoms with E-state index in [0.717, 1.165) is 5.56 Å². The van der Waals surface area contributed by atoms with Crippen molar-refractivity contribution < 1.29 is 19.2 Å². The fraction of sp³-hybridized carbons (Fsp3) is 0.273. The van der Waals surface area contributed by atoms with E-state index < -0.39 is 6.03 Å². The van der Waals surface area contributed by atoms with Crippen LogP contribution in [0.5, 0.6) is 0 Å². The lowest BCUT2D eigenvalue weighted by Crippen LogP contribution is -2.39. The van der Waals surface area contributed by atoms with Crippen LogP contribution in [-0.4, -0.2) is 46.7 Å². The predicted molar refractivity (Wildman–Crippen MR) is 115 cm³/mol. The second kappa shape index (κ2) is 10.6. The molecule has 3 rings (SSSR count). The maximum absolute atomic E-state index is 12.3. The van der Waals surface area contributed by atoms with Crippen molar-refractivity contribution in [1.29, 1.82) is 0 Å². The van der Waals surface area contributed by atoms with E-state index in [9.17, 15) is 19.2 Å². The smallest absolute Gasteiger partial charge is 0.321 e. The highest BCUT2D eigenvalue weighted by Gasteiger charge is 2.34. The maximum atomic E-state index is 12.3. The first-order chi connectivity index (χ1) is 14.6. The van der Waals surface area contributed by atoms with Gasteiger partial charge in [-0.15, -0.1) is 0 Å². The van der Waals surface area contributed by atoms with Crippen molar-refractivity contribution in [2.45, 2.75) is 19.4 Å². The second-order valence-electron chi connectivity index (χ2n) is 6.74. The molecule has 5 amide bonds. The Bertz CT molecular complexity index is 898. The van der Waals surface area contributed by atoms with Crippen LogP contribution >= 0.6 is 11.8 Å². The number of amides is 5. The summed E-state index contributed by atoms with van der Waals surface area (Å²) in [7, 11) is 0. The van der Waals surface area contributed by atoms with Crippen molar-refractivity contribution in [3.8, 4) is 0 Å². The van der Waals surface area contributed by atoms with E-state index in [1.165, 1.54) is 4.90 Å². The van der Waals surface area contributed by atoms with Crippen molar-refractivity contribution in [3.63, 3.8) is 0 Å². The number of fused-ring (bicyclic) bond motifs is 1. The molecule has 0 radical (unpaired) electrons. The third-order valence-corrected chi connectivity index (χ3v) is 5.64. The number of hydrogen-bond acceptors (Lipinski definition) is 5. The van der Waals surface area contributed by atoms with Crippen LogP contribution in [0.1, 0.15) is 39.1 Å². The number of imide groups is 2. The van der Waals surface area contributed by atoms with Gasteiger partial charge >= 0.3 is 6.03 Å². The minimum atomic E-state index is -0.514. The van der Waals surface area contributed by atoms with Gasteiger partial charge in [-0.1, -0.05) is 42.5 Å². The highest BCUT2D eigenvalue weighted by molar-refractivity contribution is 7.99. The molecular weight excluding hydrogens is 402 g/mol. The van der Waals surface area contributed by atoms with E-state index >= 15 is 0 Å². The van der Waals surface area contributed by atoms with Gasteiger partial charge in [-0.05, 0) is 29.9 Å². The van der Waals surface area contributed by atoms with E-state index in [2.05, 4.69) is 10.6 Å². The van der Waals surface area contributed by atoms with Crippen LogP contribution in [0.3, 0.4) is 0 Å². The van der Waals surface area contributed by atoms with Crippen molar-refractivity contribution in [2.24, 2.45) is 0 Å². The third kappa shape index (κ3) is 5.70. The molecule has 1 aliphatic heterocycles. The summed E-state index contributed by atoms with van der Waals surface area (Å²) in [6, 6.07) is 15.7. The van der Waals surface area contributed by atoms with Crippen LogP contribution in [0.4, 0.5) is 4.79 Å². The molecule has 0 aliphatic carbocycles. The summed E-state index contributed by atoms with van der Waals surface area (Å²) in [5.41, 5.74) is 1.86. The second-order valence-corrected chi connectivity index (χ2v) is 7.96. The van der Waals surface area contributed by atoms with E-state index in [0.29, 0.717) is 42.1 Å². The molecule has 0 atom stereocenters. The average molecular weight is 426 g/mol. The van der Waals surface area contributed by atoms with Crippen LogP contribution in [0.15, 0.2) is 54.6 Å². The fourth-order valence-corrected chi connectivity index (χ4v) is 3.91. The molecule has 0 saturated carbocycles. The summed E-state index contributed by atoms with van der Waals surface area (Å²) in [6.07, 6.45) is 0.867. The molecule has 30 heavy (non-hydrogen) atoms. The average Bonchev–Trinajstić information content (AvgIpc) is 3.00. The molecule has 2 N–H and O–H groups in total. The number of carbonyl (C=O) groups excluding carboxylic acids is 4. The molecule has 1 aliphatic rings. The first kappa shape index (κ1) is 21.6. The zero-order chi connectivity index (χ0) is 21.3. The highest BCUT2D eigenvalue weighted by atomic mass is 32.2. The van der Waals surface area contributed by atoms with E-state index in [1.54, 1.807) is 36.0 Å².